The van der Waals surface area contributed by atoms with Crippen molar-refractivity contribution in [3.63, 3.8) is 0 Å². The van der Waals surface area contributed by atoms with Gasteiger partial charge in [-0.1, -0.05) is 6.92 Å². The molecule has 1 amide bonds. The number of carboxylic acids is 1. The first-order valence-electron chi connectivity index (χ1n) is 5.62. The van der Waals surface area contributed by atoms with Crippen LogP contribution in [0.1, 0.15) is 30.6 Å². The van der Waals surface area contributed by atoms with Crippen LogP contribution in [-0.2, 0) is 11.3 Å². The van der Waals surface area contributed by atoms with Gasteiger partial charge in [-0.25, -0.2) is 0 Å². The number of amides is 1. The predicted octanol–water partition coefficient (Wildman–Crippen LogP) is 0.840. The Labute approximate surface area is 99.8 Å². The zero-order valence-corrected chi connectivity index (χ0v) is 10.1. The molecule has 1 aromatic heterocycles. The van der Waals surface area contributed by atoms with Crippen LogP contribution in [0.5, 0.6) is 0 Å². The first kappa shape index (κ1) is 13.2. The van der Waals surface area contributed by atoms with Crippen molar-refractivity contribution < 1.29 is 14.7 Å². The molecule has 0 atom stereocenters. The van der Waals surface area contributed by atoms with Crippen LogP contribution in [0.2, 0.25) is 0 Å². The normalized spacial score (nSPS) is 10.2. The second kappa shape index (κ2) is 6.03. The monoisotopic (exact) mass is 239 g/mol. The van der Waals surface area contributed by atoms with Gasteiger partial charge in [0.05, 0.1) is 11.8 Å². The summed E-state index contributed by atoms with van der Waals surface area (Å²) in [6.45, 7) is 4.66. The number of aryl methyl sites for hydroxylation is 1. The number of carbonyl (C=O) groups is 2. The molecule has 0 aliphatic carbocycles. The molecule has 6 nitrogen and oxygen atoms in total. The van der Waals surface area contributed by atoms with Crippen molar-refractivity contribution >= 4 is 11.9 Å². The number of carbonyl (C=O) groups excluding carboxylic acids is 1. The Kier molecular flexibility index (Phi) is 4.68. The van der Waals surface area contributed by atoms with Gasteiger partial charge in [-0.2, -0.15) is 5.10 Å². The van der Waals surface area contributed by atoms with E-state index in [0.29, 0.717) is 18.7 Å². The average molecular weight is 239 g/mol. The SMILES string of the molecule is CCCN(CC(=O)O)C(=O)c1cnn(CC)c1. The average Bonchev–Trinajstić information content (AvgIpc) is 2.75. The molecule has 0 aromatic carbocycles. The van der Waals surface area contributed by atoms with Crippen LogP contribution in [0.4, 0.5) is 0 Å². The fraction of sp³-hybridized carbons (Fsp3) is 0.545. The minimum Gasteiger partial charge on any atom is -0.480 e. The van der Waals surface area contributed by atoms with Gasteiger partial charge >= 0.3 is 5.97 Å². The van der Waals surface area contributed by atoms with Crippen LogP contribution >= 0.6 is 0 Å². The number of hydrogen-bond donors (Lipinski definition) is 1. The summed E-state index contributed by atoms with van der Waals surface area (Å²) >= 11 is 0. The van der Waals surface area contributed by atoms with Crippen molar-refractivity contribution in [1.29, 1.82) is 0 Å². The maximum Gasteiger partial charge on any atom is 0.323 e. The highest BCUT2D eigenvalue weighted by Gasteiger charge is 2.18. The molecule has 6 heteroatoms. The number of rotatable bonds is 6. The third-order valence-corrected chi connectivity index (χ3v) is 2.31. The minimum absolute atomic E-state index is 0.274. The Morgan fingerprint density at radius 1 is 1.47 bits per heavy atom. The number of aliphatic carboxylic acids is 1. The van der Waals surface area contributed by atoms with E-state index >= 15 is 0 Å². The molecule has 0 unspecified atom stereocenters. The lowest BCUT2D eigenvalue weighted by molar-refractivity contribution is -0.137. The molecule has 1 N–H and O–H groups in total. The standard InChI is InChI=1S/C11H17N3O3/c1-3-5-13(8-10(15)16)11(17)9-6-12-14(4-2)7-9/h6-7H,3-5,8H2,1-2H3,(H,15,16). The molecule has 0 saturated carbocycles. The molecule has 0 bridgehead atoms. The Morgan fingerprint density at radius 3 is 2.65 bits per heavy atom. The van der Waals surface area contributed by atoms with Crippen LogP contribution in [0.25, 0.3) is 0 Å². The van der Waals surface area contributed by atoms with E-state index < -0.39 is 5.97 Å². The lowest BCUT2D eigenvalue weighted by Gasteiger charge is -2.18. The first-order valence-corrected chi connectivity index (χ1v) is 5.62. The summed E-state index contributed by atoms with van der Waals surface area (Å²) < 4.78 is 1.64. The number of aromatic nitrogens is 2. The third kappa shape index (κ3) is 3.58. The van der Waals surface area contributed by atoms with Gasteiger partial charge in [0.25, 0.3) is 5.91 Å². The van der Waals surface area contributed by atoms with Gasteiger partial charge in [0.1, 0.15) is 6.54 Å². The van der Waals surface area contributed by atoms with Gasteiger partial charge in [0.15, 0.2) is 0 Å². The Bertz CT molecular complexity index is 400. The van der Waals surface area contributed by atoms with Gasteiger partial charge < -0.3 is 10.0 Å². The fourth-order valence-corrected chi connectivity index (χ4v) is 1.52. The van der Waals surface area contributed by atoms with Crippen LogP contribution in [0.15, 0.2) is 12.4 Å². The fourth-order valence-electron chi connectivity index (χ4n) is 1.52. The number of nitrogens with zero attached hydrogens (tertiary/aromatic N) is 3. The van der Waals surface area contributed by atoms with Gasteiger partial charge in [0, 0.05) is 19.3 Å². The smallest absolute Gasteiger partial charge is 0.323 e. The Hall–Kier alpha value is -1.85. The molecular formula is C11H17N3O3. The number of hydrogen-bond acceptors (Lipinski definition) is 3. The van der Waals surface area contributed by atoms with E-state index in [4.69, 9.17) is 5.11 Å². The van der Waals surface area contributed by atoms with Gasteiger partial charge in [-0.05, 0) is 13.3 Å². The van der Waals surface area contributed by atoms with Crippen LogP contribution in [0, 0.1) is 0 Å². The second-order valence-corrected chi connectivity index (χ2v) is 3.71. The summed E-state index contributed by atoms with van der Waals surface area (Å²) in [6, 6.07) is 0. The van der Waals surface area contributed by atoms with E-state index in [1.165, 1.54) is 11.1 Å². The van der Waals surface area contributed by atoms with Crippen molar-refractivity contribution in [2.45, 2.75) is 26.8 Å². The number of carboxylic acid groups (broad SMARTS) is 1. The topological polar surface area (TPSA) is 75.4 Å². The van der Waals surface area contributed by atoms with E-state index in [-0.39, 0.29) is 12.5 Å². The largest absolute Gasteiger partial charge is 0.480 e. The van der Waals surface area contributed by atoms with Crippen LogP contribution in [0.3, 0.4) is 0 Å². The highest BCUT2D eigenvalue weighted by molar-refractivity contribution is 5.95. The lowest BCUT2D eigenvalue weighted by Crippen LogP contribution is -2.36. The van der Waals surface area contributed by atoms with Crippen LogP contribution < -0.4 is 0 Å². The highest BCUT2D eigenvalue weighted by Crippen LogP contribution is 2.05. The summed E-state index contributed by atoms with van der Waals surface area (Å²) in [7, 11) is 0. The zero-order chi connectivity index (χ0) is 12.8. The molecular weight excluding hydrogens is 222 g/mol. The highest BCUT2D eigenvalue weighted by atomic mass is 16.4. The summed E-state index contributed by atoms with van der Waals surface area (Å²) in [6.07, 6.45) is 3.82. The minimum atomic E-state index is -1.00. The van der Waals surface area contributed by atoms with Crippen molar-refractivity contribution in [2.75, 3.05) is 13.1 Å². The molecule has 0 aliphatic rings. The van der Waals surface area contributed by atoms with Gasteiger partial charge in [0.2, 0.25) is 0 Å². The van der Waals surface area contributed by atoms with Crippen molar-refractivity contribution in [3.05, 3.63) is 18.0 Å². The van der Waals surface area contributed by atoms with Crippen molar-refractivity contribution in [1.82, 2.24) is 14.7 Å². The molecule has 0 saturated heterocycles. The maximum absolute atomic E-state index is 12.0. The molecule has 0 aliphatic heterocycles. The van der Waals surface area contributed by atoms with E-state index in [1.807, 2.05) is 13.8 Å². The molecule has 94 valence electrons. The molecule has 1 aromatic rings. The molecule has 0 radical (unpaired) electrons. The molecule has 1 heterocycles. The van der Waals surface area contributed by atoms with E-state index in [2.05, 4.69) is 5.10 Å². The molecule has 0 fully saturated rings. The summed E-state index contributed by atoms with van der Waals surface area (Å²) in [5.41, 5.74) is 0.432. The Morgan fingerprint density at radius 2 is 2.18 bits per heavy atom. The third-order valence-electron chi connectivity index (χ3n) is 2.31. The second-order valence-electron chi connectivity index (χ2n) is 3.71. The quantitative estimate of drug-likeness (QED) is 0.798. The molecule has 17 heavy (non-hydrogen) atoms. The summed E-state index contributed by atoms with van der Waals surface area (Å²) in [5, 5.41) is 12.7. The Balaban J connectivity index is 2.79. The first-order chi connectivity index (χ1) is 8.08. The van der Waals surface area contributed by atoms with Gasteiger partial charge in [-0.15, -0.1) is 0 Å². The van der Waals surface area contributed by atoms with E-state index in [9.17, 15) is 9.59 Å². The molecule has 1 rings (SSSR count). The molecule has 0 spiro atoms. The van der Waals surface area contributed by atoms with E-state index in [1.54, 1.807) is 10.9 Å². The van der Waals surface area contributed by atoms with Gasteiger partial charge in [-0.3, -0.25) is 14.3 Å². The zero-order valence-electron chi connectivity index (χ0n) is 10.1. The summed E-state index contributed by atoms with van der Waals surface area (Å²) in [5.74, 6) is -1.29. The lowest BCUT2D eigenvalue weighted by atomic mass is 10.3. The van der Waals surface area contributed by atoms with Crippen molar-refractivity contribution in [3.8, 4) is 0 Å². The predicted molar refractivity (Wildman–Crippen MR) is 61.7 cm³/mol. The van der Waals surface area contributed by atoms with Crippen LogP contribution in [-0.4, -0.2) is 44.8 Å². The van der Waals surface area contributed by atoms with E-state index in [0.717, 1.165) is 6.42 Å². The summed E-state index contributed by atoms with van der Waals surface area (Å²) in [4.78, 5) is 24.0. The maximum atomic E-state index is 12.0. The van der Waals surface area contributed by atoms with Crippen molar-refractivity contribution in [2.24, 2.45) is 0 Å².